The SMILES string of the molecule is COc1cc(/C=C2/SC(=O)N(CC(=O)Nc3ccc(N4CCOCC4)cc3)C2=O)ccc1OCC(=O)Nc1cccc(C)c1. The van der Waals surface area contributed by atoms with Crippen LogP contribution in [0.15, 0.2) is 71.6 Å². The molecule has 228 valence electrons. The van der Waals surface area contributed by atoms with Gasteiger partial charge in [-0.25, -0.2) is 0 Å². The Labute approximate surface area is 259 Å². The van der Waals surface area contributed by atoms with Crippen molar-refractivity contribution in [2.75, 3.05) is 62.1 Å². The topological polar surface area (TPSA) is 127 Å². The highest BCUT2D eigenvalue weighted by Gasteiger charge is 2.36. The maximum atomic E-state index is 13.0. The summed E-state index contributed by atoms with van der Waals surface area (Å²) in [5, 5.41) is 4.99. The Balaban J connectivity index is 1.16. The molecule has 2 fully saturated rings. The molecule has 11 nitrogen and oxygen atoms in total. The summed E-state index contributed by atoms with van der Waals surface area (Å²) in [4.78, 5) is 54.0. The van der Waals surface area contributed by atoms with Crippen molar-refractivity contribution in [3.05, 3.63) is 82.8 Å². The van der Waals surface area contributed by atoms with Crippen LogP contribution >= 0.6 is 11.8 Å². The second-order valence-corrected chi connectivity index (χ2v) is 11.1. The van der Waals surface area contributed by atoms with Gasteiger partial charge in [0.25, 0.3) is 17.1 Å². The van der Waals surface area contributed by atoms with Crippen LogP contribution in [0.3, 0.4) is 0 Å². The summed E-state index contributed by atoms with van der Waals surface area (Å²) in [6, 6.07) is 19.8. The highest BCUT2D eigenvalue weighted by atomic mass is 32.2. The summed E-state index contributed by atoms with van der Waals surface area (Å²) >= 11 is 0.754. The van der Waals surface area contributed by atoms with Crippen LogP contribution in [0.4, 0.5) is 21.9 Å². The number of ether oxygens (including phenoxy) is 3. The van der Waals surface area contributed by atoms with E-state index in [-0.39, 0.29) is 17.4 Å². The lowest BCUT2D eigenvalue weighted by Gasteiger charge is -2.28. The predicted molar refractivity (Wildman–Crippen MR) is 169 cm³/mol. The summed E-state index contributed by atoms with van der Waals surface area (Å²) in [5.74, 6) is -0.691. The van der Waals surface area contributed by atoms with Crippen molar-refractivity contribution in [2.45, 2.75) is 6.92 Å². The number of nitrogens with one attached hydrogen (secondary N) is 2. The average molecular weight is 617 g/mol. The first kappa shape index (κ1) is 30.6. The fraction of sp³-hybridized carbons (Fsp3) is 0.250. The van der Waals surface area contributed by atoms with E-state index in [1.165, 1.54) is 7.11 Å². The molecule has 0 saturated carbocycles. The van der Waals surface area contributed by atoms with E-state index in [9.17, 15) is 19.2 Å². The van der Waals surface area contributed by atoms with Crippen molar-refractivity contribution in [3.8, 4) is 11.5 Å². The lowest BCUT2D eigenvalue weighted by Crippen LogP contribution is -2.36. The molecule has 4 amide bonds. The molecule has 2 saturated heterocycles. The van der Waals surface area contributed by atoms with Gasteiger partial charge in [-0.1, -0.05) is 18.2 Å². The number of anilines is 3. The van der Waals surface area contributed by atoms with Crippen molar-refractivity contribution in [2.24, 2.45) is 0 Å². The number of imide groups is 1. The summed E-state index contributed by atoms with van der Waals surface area (Å²) in [5.41, 5.74) is 3.87. The number of morpholine rings is 1. The highest BCUT2D eigenvalue weighted by Crippen LogP contribution is 2.34. The van der Waals surface area contributed by atoms with E-state index >= 15 is 0 Å². The van der Waals surface area contributed by atoms with Gasteiger partial charge in [0.1, 0.15) is 6.54 Å². The number of carbonyl (C=O) groups is 4. The molecule has 0 aliphatic carbocycles. The number of aryl methyl sites for hydroxylation is 1. The molecule has 44 heavy (non-hydrogen) atoms. The van der Waals surface area contributed by atoms with E-state index in [2.05, 4.69) is 15.5 Å². The second kappa shape index (κ2) is 14.1. The summed E-state index contributed by atoms with van der Waals surface area (Å²) < 4.78 is 16.5. The fourth-order valence-corrected chi connectivity index (χ4v) is 5.50. The van der Waals surface area contributed by atoms with Gasteiger partial charge < -0.3 is 29.7 Å². The third-order valence-corrected chi connectivity index (χ3v) is 7.76. The van der Waals surface area contributed by atoms with Crippen LogP contribution in [0, 0.1) is 6.92 Å². The van der Waals surface area contributed by atoms with Gasteiger partial charge in [0.2, 0.25) is 5.91 Å². The number of rotatable bonds is 10. The van der Waals surface area contributed by atoms with Gasteiger partial charge >= 0.3 is 0 Å². The molecule has 5 rings (SSSR count). The number of carbonyl (C=O) groups excluding carboxylic acids is 4. The minimum absolute atomic E-state index is 0.172. The summed E-state index contributed by atoms with van der Waals surface area (Å²) in [6.45, 7) is 4.24. The molecule has 0 radical (unpaired) electrons. The molecule has 0 atom stereocenters. The molecule has 2 heterocycles. The molecular weight excluding hydrogens is 584 g/mol. The number of thioether (sulfide) groups is 1. The number of benzene rings is 3. The molecule has 3 aromatic carbocycles. The van der Waals surface area contributed by atoms with Gasteiger partial charge in [0.05, 0.1) is 25.2 Å². The first-order chi connectivity index (χ1) is 21.3. The Morgan fingerprint density at radius 1 is 0.932 bits per heavy atom. The van der Waals surface area contributed by atoms with Crippen molar-refractivity contribution in [1.82, 2.24) is 4.90 Å². The highest BCUT2D eigenvalue weighted by molar-refractivity contribution is 8.18. The molecule has 0 aromatic heterocycles. The largest absolute Gasteiger partial charge is 0.493 e. The van der Waals surface area contributed by atoms with Gasteiger partial charge in [0.15, 0.2) is 18.1 Å². The summed E-state index contributed by atoms with van der Waals surface area (Å²) in [6.07, 6.45) is 1.55. The van der Waals surface area contributed by atoms with Crippen LogP contribution in [-0.4, -0.2) is 74.4 Å². The van der Waals surface area contributed by atoms with Gasteiger partial charge in [-0.3, -0.25) is 24.1 Å². The lowest BCUT2D eigenvalue weighted by atomic mass is 10.2. The maximum absolute atomic E-state index is 13.0. The Kier molecular flexibility index (Phi) is 9.82. The molecule has 0 unspecified atom stereocenters. The first-order valence-electron chi connectivity index (χ1n) is 13.9. The van der Waals surface area contributed by atoms with Crippen LogP contribution in [-0.2, 0) is 19.1 Å². The van der Waals surface area contributed by atoms with E-state index in [4.69, 9.17) is 14.2 Å². The lowest BCUT2D eigenvalue weighted by molar-refractivity contribution is -0.127. The quantitative estimate of drug-likeness (QED) is 0.316. The van der Waals surface area contributed by atoms with Gasteiger partial charge in [-0.15, -0.1) is 0 Å². The molecule has 0 spiro atoms. The molecule has 2 aliphatic rings. The smallest absolute Gasteiger partial charge is 0.294 e. The molecule has 12 heteroatoms. The number of nitrogens with zero attached hydrogens (tertiary/aromatic N) is 2. The normalized spacial score (nSPS) is 15.8. The van der Waals surface area contributed by atoms with Crippen molar-refractivity contribution < 1.29 is 33.4 Å². The Hall–Kier alpha value is -4.81. The second-order valence-electron chi connectivity index (χ2n) is 10.1. The van der Waals surface area contributed by atoms with Gasteiger partial charge in [-0.05, 0) is 84.4 Å². The van der Waals surface area contributed by atoms with Gasteiger partial charge in [0, 0.05) is 30.2 Å². The zero-order valence-corrected chi connectivity index (χ0v) is 25.1. The molecule has 0 bridgehead atoms. The van der Waals surface area contributed by atoms with Crippen LogP contribution < -0.4 is 25.0 Å². The molecule has 2 aliphatic heterocycles. The Morgan fingerprint density at radius 2 is 1.68 bits per heavy atom. The van der Waals surface area contributed by atoms with E-state index < -0.39 is 23.6 Å². The standard InChI is InChI=1S/C32H32N4O7S/c1-21-4-3-5-24(16-21)34-30(38)20-43-26-11-6-22(17-27(26)41-2)18-28-31(39)36(32(40)44-28)19-29(37)33-23-7-9-25(10-8-23)35-12-14-42-15-13-35/h3-11,16-18H,12-15,19-20H2,1-2H3,(H,33,37)(H,34,38)/b28-18+. The minimum Gasteiger partial charge on any atom is -0.493 e. The molecule has 2 N–H and O–H groups in total. The third kappa shape index (κ3) is 7.77. The van der Waals surface area contributed by atoms with E-state index in [0.29, 0.717) is 41.7 Å². The van der Waals surface area contributed by atoms with Crippen molar-refractivity contribution >= 4 is 57.9 Å². The number of hydrogen-bond donors (Lipinski definition) is 2. The van der Waals surface area contributed by atoms with E-state index in [0.717, 1.165) is 41.0 Å². The van der Waals surface area contributed by atoms with Crippen molar-refractivity contribution in [1.29, 1.82) is 0 Å². The zero-order chi connectivity index (χ0) is 31.1. The molecular formula is C32H32N4O7S. The average Bonchev–Trinajstić information content (AvgIpc) is 3.28. The number of hydrogen-bond acceptors (Lipinski definition) is 9. The number of amides is 4. The molecule has 3 aromatic rings. The van der Waals surface area contributed by atoms with Gasteiger partial charge in [-0.2, -0.15) is 0 Å². The monoisotopic (exact) mass is 616 g/mol. The minimum atomic E-state index is -0.565. The predicted octanol–water partition coefficient (Wildman–Crippen LogP) is 4.53. The zero-order valence-electron chi connectivity index (χ0n) is 24.3. The Bertz CT molecular complexity index is 1590. The van der Waals surface area contributed by atoms with Crippen LogP contribution in [0.25, 0.3) is 6.08 Å². The van der Waals surface area contributed by atoms with Crippen LogP contribution in [0.5, 0.6) is 11.5 Å². The van der Waals surface area contributed by atoms with E-state index in [1.807, 2.05) is 37.3 Å². The maximum Gasteiger partial charge on any atom is 0.294 e. The third-order valence-electron chi connectivity index (χ3n) is 6.85. The van der Waals surface area contributed by atoms with E-state index in [1.54, 1.807) is 42.5 Å². The van der Waals surface area contributed by atoms with Crippen molar-refractivity contribution in [3.63, 3.8) is 0 Å². The summed E-state index contributed by atoms with van der Waals surface area (Å²) in [7, 11) is 1.46. The first-order valence-corrected chi connectivity index (χ1v) is 14.8. The van der Waals surface area contributed by atoms with Crippen LogP contribution in [0.1, 0.15) is 11.1 Å². The van der Waals surface area contributed by atoms with Crippen LogP contribution in [0.2, 0.25) is 0 Å². The number of methoxy groups -OCH3 is 1. The fourth-order valence-electron chi connectivity index (χ4n) is 4.67. The Morgan fingerprint density at radius 3 is 2.41 bits per heavy atom.